The van der Waals surface area contributed by atoms with Crippen molar-refractivity contribution < 1.29 is 9.90 Å². The lowest BCUT2D eigenvalue weighted by Gasteiger charge is -2.13. The van der Waals surface area contributed by atoms with Gasteiger partial charge in [0.15, 0.2) is 5.65 Å². The van der Waals surface area contributed by atoms with E-state index in [-0.39, 0.29) is 24.6 Å². The largest absolute Gasteiger partial charge is 0.394 e. The highest BCUT2D eigenvalue weighted by Gasteiger charge is 2.19. The number of amides is 1. The van der Waals surface area contributed by atoms with Crippen molar-refractivity contribution >= 4 is 16.9 Å². The molecule has 6 heteroatoms. The van der Waals surface area contributed by atoms with Crippen molar-refractivity contribution in [3.05, 3.63) is 48.2 Å². The van der Waals surface area contributed by atoms with Crippen LogP contribution in [0.25, 0.3) is 22.3 Å². The fraction of sp³-hybridized carbons (Fsp3) is 0.316. The second kappa shape index (κ2) is 7.03. The molecule has 0 aliphatic carbocycles. The SMILES string of the molecule is CC(CO)NC(=O)c1cc(-c2ccccc2)nc2c1cnn2C(C)C. The van der Waals surface area contributed by atoms with Gasteiger partial charge in [-0.15, -0.1) is 0 Å². The summed E-state index contributed by atoms with van der Waals surface area (Å²) in [6, 6.07) is 11.3. The van der Waals surface area contributed by atoms with Crippen LogP contribution in [0.5, 0.6) is 0 Å². The monoisotopic (exact) mass is 338 g/mol. The van der Waals surface area contributed by atoms with Crippen LogP contribution in [0.3, 0.4) is 0 Å². The Bertz CT molecular complexity index is 887. The van der Waals surface area contributed by atoms with Crippen LogP contribution in [-0.4, -0.2) is 38.4 Å². The molecule has 0 bridgehead atoms. The summed E-state index contributed by atoms with van der Waals surface area (Å²) in [7, 11) is 0. The van der Waals surface area contributed by atoms with Crippen LogP contribution >= 0.6 is 0 Å². The van der Waals surface area contributed by atoms with Gasteiger partial charge in [0.1, 0.15) is 0 Å². The number of fused-ring (bicyclic) bond motifs is 1. The van der Waals surface area contributed by atoms with E-state index in [9.17, 15) is 9.90 Å². The summed E-state index contributed by atoms with van der Waals surface area (Å²) in [4.78, 5) is 17.4. The van der Waals surface area contributed by atoms with Gasteiger partial charge in [-0.2, -0.15) is 5.10 Å². The van der Waals surface area contributed by atoms with Crippen molar-refractivity contribution in [3.8, 4) is 11.3 Å². The molecule has 0 saturated heterocycles. The summed E-state index contributed by atoms with van der Waals surface area (Å²) in [5, 5.41) is 17.1. The van der Waals surface area contributed by atoms with Gasteiger partial charge in [0.05, 0.1) is 29.4 Å². The van der Waals surface area contributed by atoms with Gasteiger partial charge in [0, 0.05) is 17.6 Å². The number of aliphatic hydroxyl groups is 1. The quantitative estimate of drug-likeness (QED) is 0.750. The number of nitrogens with zero attached hydrogens (tertiary/aromatic N) is 3. The standard InChI is InChI=1S/C19H22N4O2/c1-12(2)23-18-16(10-20-23)15(19(25)21-13(3)11-24)9-17(22-18)14-7-5-4-6-8-14/h4-10,12-13,24H,11H2,1-3H3,(H,21,25). The van der Waals surface area contributed by atoms with Crippen molar-refractivity contribution in [2.45, 2.75) is 32.9 Å². The zero-order chi connectivity index (χ0) is 18.0. The van der Waals surface area contributed by atoms with E-state index < -0.39 is 0 Å². The number of rotatable bonds is 5. The molecule has 3 rings (SSSR count). The third-order valence-electron chi connectivity index (χ3n) is 4.02. The van der Waals surface area contributed by atoms with Crippen LogP contribution in [0.15, 0.2) is 42.6 Å². The van der Waals surface area contributed by atoms with E-state index in [0.717, 1.165) is 11.3 Å². The second-order valence-corrected chi connectivity index (χ2v) is 6.40. The van der Waals surface area contributed by atoms with E-state index in [1.807, 2.05) is 48.9 Å². The molecule has 2 N–H and O–H groups in total. The molecule has 6 nitrogen and oxygen atoms in total. The number of aromatic nitrogens is 3. The Labute approximate surface area is 146 Å². The van der Waals surface area contributed by atoms with Crippen LogP contribution in [0.1, 0.15) is 37.2 Å². The Hall–Kier alpha value is -2.73. The highest BCUT2D eigenvalue weighted by Crippen LogP contribution is 2.26. The maximum atomic E-state index is 12.7. The lowest BCUT2D eigenvalue weighted by atomic mass is 10.1. The van der Waals surface area contributed by atoms with Gasteiger partial charge in [-0.3, -0.25) is 4.79 Å². The van der Waals surface area contributed by atoms with Crippen molar-refractivity contribution in [3.63, 3.8) is 0 Å². The summed E-state index contributed by atoms with van der Waals surface area (Å²) in [6.07, 6.45) is 1.68. The molecule has 0 saturated carbocycles. The van der Waals surface area contributed by atoms with Gasteiger partial charge in [-0.05, 0) is 26.8 Å². The lowest BCUT2D eigenvalue weighted by Crippen LogP contribution is -2.35. The number of carbonyl (C=O) groups excluding carboxylic acids is 1. The lowest BCUT2D eigenvalue weighted by molar-refractivity contribution is 0.0924. The Kier molecular flexibility index (Phi) is 4.81. The van der Waals surface area contributed by atoms with Gasteiger partial charge in [-0.25, -0.2) is 9.67 Å². The van der Waals surface area contributed by atoms with Gasteiger partial charge in [-0.1, -0.05) is 30.3 Å². The molecular formula is C19H22N4O2. The Balaban J connectivity index is 2.18. The number of carbonyl (C=O) groups is 1. The first kappa shape index (κ1) is 17.1. The van der Waals surface area contributed by atoms with Crippen LogP contribution in [0.2, 0.25) is 0 Å². The second-order valence-electron chi connectivity index (χ2n) is 6.40. The molecule has 1 amide bonds. The summed E-state index contributed by atoms with van der Waals surface area (Å²) >= 11 is 0. The first-order valence-electron chi connectivity index (χ1n) is 8.36. The van der Waals surface area contributed by atoms with E-state index in [0.29, 0.717) is 16.6 Å². The van der Waals surface area contributed by atoms with E-state index in [2.05, 4.69) is 10.4 Å². The summed E-state index contributed by atoms with van der Waals surface area (Å²) in [5.74, 6) is -0.241. The van der Waals surface area contributed by atoms with Crippen LogP contribution < -0.4 is 5.32 Å². The molecule has 0 radical (unpaired) electrons. The van der Waals surface area contributed by atoms with Crippen molar-refractivity contribution in [2.75, 3.05) is 6.61 Å². The van der Waals surface area contributed by atoms with E-state index in [1.54, 1.807) is 19.2 Å². The number of benzene rings is 1. The first-order valence-corrected chi connectivity index (χ1v) is 8.36. The molecule has 1 aromatic carbocycles. The molecule has 0 spiro atoms. The number of hydrogen-bond acceptors (Lipinski definition) is 4. The van der Waals surface area contributed by atoms with Crippen LogP contribution in [0.4, 0.5) is 0 Å². The van der Waals surface area contributed by atoms with Gasteiger partial charge >= 0.3 is 0 Å². The normalized spacial score (nSPS) is 12.5. The van der Waals surface area contributed by atoms with Crippen LogP contribution in [-0.2, 0) is 0 Å². The average Bonchev–Trinajstić information content (AvgIpc) is 3.05. The maximum absolute atomic E-state index is 12.7. The minimum atomic E-state index is -0.323. The number of hydrogen-bond donors (Lipinski definition) is 2. The van der Waals surface area contributed by atoms with Crippen molar-refractivity contribution in [2.24, 2.45) is 0 Å². The molecular weight excluding hydrogens is 316 g/mol. The number of aliphatic hydroxyl groups excluding tert-OH is 1. The first-order chi connectivity index (χ1) is 12.0. The molecule has 1 atom stereocenters. The van der Waals surface area contributed by atoms with E-state index in [4.69, 9.17) is 4.98 Å². The van der Waals surface area contributed by atoms with Gasteiger partial charge < -0.3 is 10.4 Å². The zero-order valence-electron chi connectivity index (χ0n) is 14.6. The molecule has 0 fully saturated rings. The predicted octanol–water partition coefficient (Wildman–Crippen LogP) is 2.79. The van der Waals surface area contributed by atoms with E-state index in [1.165, 1.54) is 0 Å². The molecule has 2 heterocycles. The van der Waals surface area contributed by atoms with E-state index >= 15 is 0 Å². The van der Waals surface area contributed by atoms with Crippen LogP contribution in [0, 0.1) is 0 Å². The zero-order valence-corrected chi connectivity index (χ0v) is 14.6. The Morgan fingerprint density at radius 2 is 1.96 bits per heavy atom. The molecule has 1 unspecified atom stereocenters. The average molecular weight is 338 g/mol. The highest BCUT2D eigenvalue weighted by molar-refractivity contribution is 6.06. The summed E-state index contributed by atoms with van der Waals surface area (Å²) < 4.78 is 1.81. The fourth-order valence-corrected chi connectivity index (χ4v) is 2.69. The number of pyridine rings is 1. The van der Waals surface area contributed by atoms with Crippen molar-refractivity contribution in [1.29, 1.82) is 0 Å². The van der Waals surface area contributed by atoms with Gasteiger partial charge in [0.2, 0.25) is 0 Å². The van der Waals surface area contributed by atoms with Gasteiger partial charge in [0.25, 0.3) is 5.91 Å². The highest BCUT2D eigenvalue weighted by atomic mass is 16.3. The smallest absolute Gasteiger partial charge is 0.252 e. The molecule has 2 aromatic heterocycles. The topological polar surface area (TPSA) is 80.0 Å². The summed E-state index contributed by atoms with van der Waals surface area (Å²) in [6.45, 7) is 5.69. The van der Waals surface area contributed by atoms with Crippen molar-refractivity contribution in [1.82, 2.24) is 20.1 Å². The molecule has 0 aliphatic rings. The molecule has 3 aromatic rings. The Morgan fingerprint density at radius 3 is 2.60 bits per heavy atom. The molecule has 0 aliphatic heterocycles. The predicted molar refractivity (Wildman–Crippen MR) is 97.4 cm³/mol. The minimum absolute atomic E-state index is 0.114. The fourth-order valence-electron chi connectivity index (χ4n) is 2.69. The third-order valence-corrected chi connectivity index (χ3v) is 4.02. The third kappa shape index (κ3) is 3.39. The molecule has 130 valence electrons. The Morgan fingerprint density at radius 1 is 1.24 bits per heavy atom. The maximum Gasteiger partial charge on any atom is 0.252 e. The summed E-state index contributed by atoms with van der Waals surface area (Å²) in [5.41, 5.74) is 2.84. The molecule has 25 heavy (non-hydrogen) atoms. The minimum Gasteiger partial charge on any atom is -0.394 e. The number of nitrogens with one attached hydrogen (secondary N) is 1.